The lowest BCUT2D eigenvalue weighted by molar-refractivity contribution is 0.630. The van der Waals surface area contributed by atoms with E-state index in [9.17, 15) is 0 Å². The first-order valence-corrected chi connectivity index (χ1v) is 7.10. The highest BCUT2D eigenvalue weighted by molar-refractivity contribution is 6.31. The van der Waals surface area contributed by atoms with Crippen LogP contribution >= 0.6 is 11.6 Å². The number of rotatable bonds is 4. The number of aromatic nitrogens is 2. The van der Waals surface area contributed by atoms with Gasteiger partial charge in [0, 0.05) is 17.1 Å². The number of nitrogens with two attached hydrogens (primary N) is 1. The van der Waals surface area contributed by atoms with Crippen LogP contribution in [0.2, 0.25) is 5.02 Å². The van der Waals surface area contributed by atoms with E-state index >= 15 is 0 Å². The minimum absolute atomic E-state index is 0.123. The van der Waals surface area contributed by atoms with Gasteiger partial charge in [-0.3, -0.25) is 0 Å². The van der Waals surface area contributed by atoms with Crippen molar-refractivity contribution < 1.29 is 0 Å². The fraction of sp³-hybridized carbons (Fsp3) is 0.333. The average Bonchev–Trinajstić information content (AvgIpc) is 2.40. The Bertz CT molecular complexity index is 622. The lowest BCUT2D eigenvalue weighted by Gasteiger charge is -2.22. The van der Waals surface area contributed by atoms with Gasteiger partial charge in [0.15, 0.2) is 11.6 Å². The highest BCUT2D eigenvalue weighted by atomic mass is 35.5. The van der Waals surface area contributed by atoms with Crippen molar-refractivity contribution in [3.63, 3.8) is 0 Å². The monoisotopic (exact) mass is 305 g/mol. The van der Waals surface area contributed by atoms with Crippen molar-refractivity contribution in [2.45, 2.75) is 32.9 Å². The van der Waals surface area contributed by atoms with Crippen molar-refractivity contribution in [2.75, 3.05) is 16.4 Å². The zero-order chi connectivity index (χ0) is 15.5. The molecule has 4 N–H and O–H groups in total. The fourth-order valence-electron chi connectivity index (χ4n) is 1.81. The lowest BCUT2D eigenvalue weighted by Crippen LogP contribution is -2.27. The van der Waals surface area contributed by atoms with Crippen LogP contribution in [0.1, 0.15) is 26.3 Å². The number of anilines is 3. The Kier molecular flexibility index (Phi) is 4.53. The largest absolute Gasteiger partial charge is 0.393 e. The molecule has 2 rings (SSSR count). The van der Waals surface area contributed by atoms with Crippen LogP contribution in [-0.2, 0) is 6.54 Å². The molecule has 0 saturated heterocycles. The van der Waals surface area contributed by atoms with E-state index in [1.54, 1.807) is 0 Å². The average molecular weight is 306 g/mol. The summed E-state index contributed by atoms with van der Waals surface area (Å²) in [5, 5.41) is 7.17. The Morgan fingerprint density at radius 2 is 1.81 bits per heavy atom. The van der Waals surface area contributed by atoms with Crippen LogP contribution in [0.4, 0.5) is 17.3 Å². The van der Waals surface area contributed by atoms with Crippen LogP contribution in [0.15, 0.2) is 30.6 Å². The molecule has 0 spiro atoms. The first-order chi connectivity index (χ1) is 9.87. The summed E-state index contributed by atoms with van der Waals surface area (Å²) < 4.78 is 0. The van der Waals surface area contributed by atoms with E-state index < -0.39 is 0 Å². The second-order valence-corrected chi connectivity index (χ2v) is 6.21. The summed E-state index contributed by atoms with van der Waals surface area (Å²) in [7, 11) is 0. The van der Waals surface area contributed by atoms with Crippen molar-refractivity contribution in [3.8, 4) is 0 Å². The van der Waals surface area contributed by atoms with E-state index in [0.717, 1.165) is 5.56 Å². The predicted molar refractivity (Wildman–Crippen MR) is 88.6 cm³/mol. The fourth-order valence-corrected chi connectivity index (χ4v) is 2.01. The number of nitrogen functional groups attached to an aromatic ring is 1. The second kappa shape index (κ2) is 6.18. The van der Waals surface area contributed by atoms with Crippen LogP contribution in [0, 0.1) is 0 Å². The molecular formula is C15H20ClN5. The predicted octanol–water partition coefficient (Wildman–Crippen LogP) is 3.53. The maximum Gasteiger partial charge on any atom is 0.155 e. The summed E-state index contributed by atoms with van der Waals surface area (Å²) in [5.41, 5.74) is 7.48. The Balaban J connectivity index is 2.14. The van der Waals surface area contributed by atoms with E-state index in [1.165, 1.54) is 6.33 Å². The van der Waals surface area contributed by atoms with Gasteiger partial charge < -0.3 is 16.4 Å². The van der Waals surface area contributed by atoms with E-state index in [2.05, 4.69) is 20.6 Å². The molecule has 5 nitrogen and oxygen atoms in total. The number of hydrogen-bond acceptors (Lipinski definition) is 5. The third kappa shape index (κ3) is 4.23. The molecule has 0 unspecified atom stereocenters. The molecule has 0 bridgehead atoms. The number of nitrogens with zero attached hydrogens (tertiary/aromatic N) is 2. The Morgan fingerprint density at radius 3 is 2.48 bits per heavy atom. The van der Waals surface area contributed by atoms with Crippen molar-refractivity contribution in [1.29, 1.82) is 0 Å². The van der Waals surface area contributed by atoms with Crippen molar-refractivity contribution in [1.82, 2.24) is 9.97 Å². The Labute approximate surface area is 129 Å². The van der Waals surface area contributed by atoms with Gasteiger partial charge in [0.05, 0.1) is 0 Å². The van der Waals surface area contributed by atoms with Crippen molar-refractivity contribution >= 4 is 28.9 Å². The molecule has 21 heavy (non-hydrogen) atoms. The lowest BCUT2D eigenvalue weighted by atomic mass is 10.1. The first-order valence-electron chi connectivity index (χ1n) is 6.73. The molecule has 0 fully saturated rings. The van der Waals surface area contributed by atoms with Crippen LogP contribution in [0.25, 0.3) is 0 Å². The number of nitrogens with one attached hydrogen (secondary N) is 2. The van der Waals surface area contributed by atoms with Crippen LogP contribution < -0.4 is 16.4 Å². The van der Waals surface area contributed by atoms with E-state index in [0.29, 0.717) is 28.9 Å². The number of benzene rings is 1. The molecule has 2 aromatic rings. The molecule has 0 aliphatic heterocycles. The second-order valence-electron chi connectivity index (χ2n) is 5.80. The van der Waals surface area contributed by atoms with Gasteiger partial charge in [-0.05, 0) is 32.4 Å². The Hall–Kier alpha value is -2.01. The number of halogens is 1. The maximum atomic E-state index is 6.13. The smallest absolute Gasteiger partial charge is 0.155 e. The highest BCUT2D eigenvalue weighted by Crippen LogP contribution is 2.26. The van der Waals surface area contributed by atoms with Gasteiger partial charge in [0.1, 0.15) is 12.0 Å². The molecule has 6 heteroatoms. The minimum atomic E-state index is -0.123. The summed E-state index contributed by atoms with van der Waals surface area (Å²) in [6.07, 6.45) is 1.49. The topological polar surface area (TPSA) is 75.9 Å². The standard InChI is InChI=1S/C15H20ClN5/c1-15(2,3)21-14-12(17)13(19-9-20-14)18-8-10-6-4-5-7-11(10)16/h4-7,9H,8,17H2,1-3H3,(H2,18,19,20,21). The molecule has 1 heterocycles. The van der Waals surface area contributed by atoms with Crippen LogP contribution in [-0.4, -0.2) is 15.5 Å². The van der Waals surface area contributed by atoms with Gasteiger partial charge >= 0.3 is 0 Å². The molecule has 0 saturated carbocycles. The van der Waals surface area contributed by atoms with E-state index in [-0.39, 0.29) is 5.54 Å². The van der Waals surface area contributed by atoms with Crippen molar-refractivity contribution in [2.24, 2.45) is 0 Å². The quantitative estimate of drug-likeness (QED) is 0.805. The van der Waals surface area contributed by atoms with Crippen molar-refractivity contribution in [3.05, 3.63) is 41.2 Å². The molecule has 0 aliphatic carbocycles. The van der Waals surface area contributed by atoms with Crippen LogP contribution in [0.3, 0.4) is 0 Å². The molecule has 0 radical (unpaired) electrons. The minimum Gasteiger partial charge on any atom is -0.393 e. The highest BCUT2D eigenvalue weighted by Gasteiger charge is 2.15. The molecule has 0 atom stereocenters. The zero-order valence-electron chi connectivity index (χ0n) is 12.4. The number of hydrogen-bond donors (Lipinski definition) is 3. The third-order valence-electron chi connectivity index (χ3n) is 2.78. The molecule has 112 valence electrons. The molecular weight excluding hydrogens is 286 g/mol. The van der Waals surface area contributed by atoms with Crippen LogP contribution in [0.5, 0.6) is 0 Å². The van der Waals surface area contributed by atoms with Gasteiger partial charge in [0.25, 0.3) is 0 Å². The first kappa shape index (κ1) is 15.4. The van der Waals surface area contributed by atoms with Gasteiger partial charge in [-0.1, -0.05) is 29.8 Å². The van der Waals surface area contributed by atoms with E-state index in [4.69, 9.17) is 17.3 Å². The Morgan fingerprint density at radius 1 is 1.14 bits per heavy atom. The molecule has 1 aromatic carbocycles. The molecule has 1 aromatic heterocycles. The van der Waals surface area contributed by atoms with Gasteiger partial charge in [-0.2, -0.15) is 0 Å². The summed E-state index contributed by atoms with van der Waals surface area (Å²) in [6, 6.07) is 7.66. The summed E-state index contributed by atoms with van der Waals surface area (Å²) in [5.74, 6) is 1.22. The molecule has 0 aliphatic rings. The third-order valence-corrected chi connectivity index (χ3v) is 3.15. The normalized spacial score (nSPS) is 11.2. The summed E-state index contributed by atoms with van der Waals surface area (Å²) in [6.45, 7) is 6.69. The SMILES string of the molecule is CC(C)(C)Nc1ncnc(NCc2ccccc2Cl)c1N. The van der Waals surface area contributed by atoms with Gasteiger partial charge in [-0.15, -0.1) is 0 Å². The molecule has 0 amide bonds. The van der Waals surface area contributed by atoms with Gasteiger partial charge in [0.2, 0.25) is 0 Å². The summed E-state index contributed by atoms with van der Waals surface area (Å²) >= 11 is 6.13. The van der Waals surface area contributed by atoms with Gasteiger partial charge in [-0.25, -0.2) is 9.97 Å². The zero-order valence-corrected chi connectivity index (χ0v) is 13.2. The summed E-state index contributed by atoms with van der Waals surface area (Å²) in [4.78, 5) is 8.37. The maximum absolute atomic E-state index is 6.13. The van der Waals surface area contributed by atoms with E-state index in [1.807, 2.05) is 45.0 Å².